The van der Waals surface area contributed by atoms with Crippen molar-refractivity contribution in [3.05, 3.63) is 35.9 Å². The summed E-state index contributed by atoms with van der Waals surface area (Å²) in [4.78, 5) is 10.6. The number of hydrogen-bond donors (Lipinski definition) is 2. The highest BCUT2D eigenvalue weighted by molar-refractivity contribution is 7.89. The maximum Gasteiger partial charge on any atom is 0.328 e. The van der Waals surface area contributed by atoms with E-state index in [4.69, 9.17) is 5.11 Å². The lowest BCUT2D eigenvalue weighted by molar-refractivity contribution is -0.131. The second-order valence-electron chi connectivity index (χ2n) is 5.32. The third-order valence-corrected chi connectivity index (χ3v) is 4.74. The molecular formula is C15H21NO4S. The Labute approximate surface area is 125 Å². The van der Waals surface area contributed by atoms with Gasteiger partial charge < -0.3 is 5.11 Å². The van der Waals surface area contributed by atoms with Gasteiger partial charge in [-0.2, -0.15) is 0 Å². The Kier molecular flexibility index (Phi) is 6.11. The van der Waals surface area contributed by atoms with E-state index in [1.807, 2.05) is 20.8 Å². The van der Waals surface area contributed by atoms with Crippen LogP contribution in [0.15, 0.2) is 35.2 Å². The van der Waals surface area contributed by atoms with Crippen molar-refractivity contribution in [2.45, 2.75) is 25.7 Å². The number of benzene rings is 1. The number of carbonyl (C=O) groups is 1. The predicted octanol–water partition coefficient (Wildman–Crippen LogP) is 2.35. The van der Waals surface area contributed by atoms with Crippen molar-refractivity contribution in [2.75, 3.05) is 6.54 Å². The van der Waals surface area contributed by atoms with E-state index in [1.54, 1.807) is 12.1 Å². The molecule has 1 aromatic carbocycles. The number of nitrogens with one attached hydrogen (secondary N) is 1. The molecule has 5 nitrogen and oxygen atoms in total. The molecule has 1 unspecified atom stereocenters. The number of hydrogen-bond acceptors (Lipinski definition) is 3. The van der Waals surface area contributed by atoms with Gasteiger partial charge in [0.15, 0.2) is 0 Å². The van der Waals surface area contributed by atoms with Crippen LogP contribution in [0.2, 0.25) is 0 Å². The Bertz CT molecular complexity index is 620. The van der Waals surface area contributed by atoms with Gasteiger partial charge in [-0.3, -0.25) is 0 Å². The smallest absolute Gasteiger partial charge is 0.328 e. The number of aliphatic carboxylic acids is 1. The highest BCUT2D eigenvalue weighted by Crippen LogP contribution is 2.14. The molecule has 2 N–H and O–H groups in total. The first-order chi connectivity index (χ1) is 9.72. The highest BCUT2D eigenvalue weighted by Gasteiger charge is 2.16. The third kappa shape index (κ3) is 5.69. The SMILES string of the molecule is CC(C)C(C)CNS(=O)(=O)c1cccc(C=CC(=O)O)c1. The minimum atomic E-state index is -3.58. The van der Waals surface area contributed by atoms with Gasteiger partial charge in [0.1, 0.15) is 0 Å². The second kappa shape index (κ2) is 7.38. The van der Waals surface area contributed by atoms with Gasteiger partial charge in [-0.15, -0.1) is 0 Å². The Morgan fingerprint density at radius 3 is 2.57 bits per heavy atom. The van der Waals surface area contributed by atoms with E-state index in [9.17, 15) is 13.2 Å². The summed E-state index contributed by atoms with van der Waals surface area (Å²) >= 11 is 0. The molecule has 1 rings (SSSR count). The van der Waals surface area contributed by atoms with Crippen LogP contribution in [0.25, 0.3) is 6.08 Å². The fourth-order valence-corrected chi connectivity index (χ4v) is 2.71. The summed E-state index contributed by atoms with van der Waals surface area (Å²) in [5.41, 5.74) is 0.525. The molecule has 21 heavy (non-hydrogen) atoms. The molecule has 0 spiro atoms. The van der Waals surface area contributed by atoms with Crippen LogP contribution in [0, 0.1) is 11.8 Å². The summed E-state index contributed by atoms with van der Waals surface area (Å²) in [6, 6.07) is 6.17. The minimum absolute atomic E-state index is 0.131. The molecule has 6 heteroatoms. The summed E-state index contributed by atoms with van der Waals surface area (Å²) in [5.74, 6) is -0.459. The topological polar surface area (TPSA) is 83.5 Å². The van der Waals surface area contributed by atoms with Gasteiger partial charge in [-0.25, -0.2) is 17.9 Å². The molecule has 0 radical (unpaired) electrons. The van der Waals surface area contributed by atoms with Gasteiger partial charge in [0.25, 0.3) is 0 Å². The number of carboxylic acid groups (broad SMARTS) is 1. The van der Waals surface area contributed by atoms with E-state index < -0.39 is 16.0 Å². The van der Waals surface area contributed by atoms with Gasteiger partial charge in [0.2, 0.25) is 10.0 Å². The summed E-state index contributed by atoms with van der Waals surface area (Å²) in [6.07, 6.45) is 2.33. The van der Waals surface area contributed by atoms with E-state index >= 15 is 0 Å². The number of rotatable bonds is 7. The van der Waals surface area contributed by atoms with Crippen molar-refractivity contribution < 1.29 is 18.3 Å². The van der Waals surface area contributed by atoms with E-state index in [1.165, 1.54) is 18.2 Å². The van der Waals surface area contributed by atoms with Crippen LogP contribution in [-0.2, 0) is 14.8 Å². The van der Waals surface area contributed by atoms with Crippen LogP contribution in [-0.4, -0.2) is 26.0 Å². The van der Waals surface area contributed by atoms with Crippen molar-refractivity contribution in [2.24, 2.45) is 11.8 Å². The first kappa shape index (κ1) is 17.4. The normalized spacial score (nSPS) is 13.7. The Morgan fingerprint density at radius 1 is 1.33 bits per heavy atom. The van der Waals surface area contributed by atoms with Gasteiger partial charge in [-0.1, -0.05) is 32.9 Å². The quantitative estimate of drug-likeness (QED) is 0.757. The molecule has 0 aromatic heterocycles. The number of carboxylic acids is 1. The average Bonchev–Trinajstić information content (AvgIpc) is 2.42. The Balaban J connectivity index is 2.88. The first-order valence-corrected chi connectivity index (χ1v) is 8.21. The van der Waals surface area contributed by atoms with Crippen LogP contribution in [0.1, 0.15) is 26.3 Å². The molecule has 0 amide bonds. The standard InChI is InChI=1S/C15H21NO4S/c1-11(2)12(3)10-16-21(19,20)14-6-4-5-13(9-14)7-8-15(17)18/h4-9,11-12,16H,10H2,1-3H3,(H,17,18). The summed E-state index contributed by atoms with van der Waals surface area (Å²) in [7, 11) is -3.58. The van der Waals surface area contributed by atoms with Crippen LogP contribution in [0.5, 0.6) is 0 Å². The first-order valence-electron chi connectivity index (χ1n) is 6.73. The zero-order valence-electron chi connectivity index (χ0n) is 12.4. The molecule has 1 atom stereocenters. The van der Waals surface area contributed by atoms with Crippen molar-refractivity contribution in [1.29, 1.82) is 0 Å². The fourth-order valence-electron chi connectivity index (χ4n) is 1.51. The molecule has 116 valence electrons. The van der Waals surface area contributed by atoms with Crippen molar-refractivity contribution >= 4 is 22.1 Å². The van der Waals surface area contributed by atoms with Gasteiger partial charge >= 0.3 is 5.97 Å². The predicted molar refractivity (Wildman–Crippen MR) is 82.3 cm³/mol. The van der Waals surface area contributed by atoms with Crippen LogP contribution in [0.3, 0.4) is 0 Å². The average molecular weight is 311 g/mol. The van der Waals surface area contributed by atoms with Gasteiger partial charge in [0, 0.05) is 12.6 Å². The molecule has 0 heterocycles. The number of sulfonamides is 1. The maximum absolute atomic E-state index is 12.2. The lowest BCUT2D eigenvalue weighted by atomic mass is 9.99. The molecule has 0 aliphatic heterocycles. The lowest BCUT2D eigenvalue weighted by Gasteiger charge is -2.16. The summed E-state index contributed by atoms with van der Waals surface area (Å²) in [6.45, 7) is 6.43. The minimum Gasteiger partial charge on any atom is -0.478 e. The highest BCUT2D eigenvalue weighted by atomic mass is 32.2. The summed E-state index contributed by atoms with van der Waals surface area (Å²) in [5, 5.41) is 8.58. The molecular weight excluding hydrogens is 290 g/mol. The molecule has 0 saturated carbocycles. The van der Waals surface area contributed by atoms with Crippen LogP contribution < -0.4 is 4.72 Å². The van der Waals surface area contributed by atoms with Gasteiger partial charge in [-0.05, 0) is 35.6 Å². The van der Waals surface area contributed by atoms with E-state index in [2.05, 4.69) is 4.72 Å². The Morgan fingerprint density at radius 2 is 2.00 bits per heavy atom. The maximum atomic E-state index is 12.2. The monoisotopic (exact) mass is 311 g/mol. The van der Waals surface area contributed by atoms with E-state index in [0.29, 0.717) is 18.0 Å². The van der Waals surface area contributed by atoms with Crippen molar-refractivity contribution in [3.8, 4) is 0 Å². The Hall–Kier alpha value is -1.66. The third-order valence-electron chi connectivity index (χ3n) is 3.32. The van der Waals surface area contributed by atoms with Gasteiger partial charge in [0.05, 0.1) is 4.90 Å². The fraction of sp³-hybridized carbons (Fsp3) is 0.400. The largest absolute Gasteiger partial charge is 0.478 e. The zero-order valence-corrected chi connectivity index (χ0v) is 13.2. The molecule has 0 bridgehead atoms. The summed E-state index contributed by atoms with van der Waals surface area (Å²) < 4.78 is 27.0. The molecule has 1 aromatic rings. The lowest BCUT2D eigenvalue weighted by Crippen LogP contribution is -2.30. The van der Waals surface area contributed by atoms with Crippen molar-refractivity contribution in [1.82, 2.24) is 4.72 Å². The van der Waals surface area contributed by atoms with E-state index in [0.717, 1.165) is 6.08 Å². The van der Waals surface area contributed by atoms with Crippen molar-refractivity contribution in [3.63, 3.8) is 0 Å². The second-order valence-corrected chi connectivity index (χ2v) is 7.08. The zero-order chi connectivity index (χ0) is 16.0. The molecule has 0 fully saturated rings. The van der Waals surface area contributed by atoms with Crippen LogP contribution in [0.4, 0.5) is 0 Å². The molecule has 0 aliphatic rings. The molecule has 0 aliphatic carbocycles. The van der Waals surface area contributed by atoms with Crippen LogP contribution >= 0.6 is 0 Å². The molecule has 0 saturated heterocycles. The van der Waals surface area contributed by atoms with E-state index in [-0.39, 0.29) is 10.8 Å².